The monoisotopic (exact) mass is 568 g/mol. The Hall–Kier alpha value is -0.360. The van der Waals surface area contributed by atoms with E-state index in [1.54, 1.807) is 14.2 Å². The second-order valence-corrected chi connectivity index (χ2v) is 13.2. The van der Waals surface area contributed by atoms with Gasteiger partial charge in [-0.05, 0) is 83.1 Å². The fraction of sp³-hybridized carbons (Fsp3) is 1.00. The van der Waals surface area contributed by atoms with Crippen LogP contribution in [0.5, 0.6) is 0 Å². The van der Waals surface area contributed by atoms with Crippen molar-refractivity contribution in [2.75, 3.05) is 47.7 Å². The lowest BCUT2D eigenvalue weighted by atomic mass is 9.64. The second kappa shape index (κ2) is 14.9. The first-order valence-corrected chi connectivity index (χ1v) is 16.1. The number of hydrogen-bond acceptors (Lipinski definition) is 9. The summed E-state index contributed by atoms with van der Waals surface area (Å²) in [7, 11) is 5.37. The van der Waals surface area contributed by atoms with Crippen LogP contribution in [0.3, 0.4) is 0 Å². The van der Waals surface area contributed by atoms with E-state index in [9.17, 15) is 5.11 Å². The molecule has 3 heterocycles. The standard InChI is InChI=1S/C31H56N2O7/c1-35-13-4-5-27-29(24-18-39-25-8-6-20(36-2)16-22(25)30(24)34)31(23-17-21(37-3)7-9-26(23)40-27)38-14-11-19-10-12-33-28(32)15-19/h19-31,33-34H,4-18,32H2,1-3H3. The van der Waals surface area contributed by atoms with Crippen LogP contribution in [0.15, 0.2) is 0 Å². The van der Waals surface area contributed by atoms with E-state index in [2.05, 4.69) is 5.32 Å². The van der Waals surface area contributed by atoms with Crippen LogP contribution in [0.4, 0.5) is 0 Å². The molecule has 5 fully saturated rings. The maximum atomic E-state index is 12.0. The molecule has 0 bridgehead atoms. The van der Waals surface area contributed by atoms with E-state index >= 15 is 0 Å². The lowest BCUT2D eigenvalue weighted by molar-refractivity contribution is -0.253. The molecule has 40 heavy (non-hydrogen) atoms. The first-order valence-electron chi connectivity index (χ1n) is 16.1. The van der Waals surface area contributed by atoms with Crippen LogP contribution in [0, 0.1) is 29.6 Å². The van der Waals surface area contributed by atoms with Crippen LogP contribution in [-0.4, -0.2) is 102 Å². The summed E-state index contributed by atoms with van der Waals surface area (Å²) >= 11 is 0. The predicted octanol–water partition coefficient (Wildman–Crippen LogP) is 2.86. The maximum Gasteiger partial charge on any atom is 0.0686 e. The van der Waals surface area contributed by atoms with Crippen LogP contribution in [0.2, 0.25) is 0 Å². The summed E-state index contributed by atoms with van der Waals surface area (Å²) in [5.74, 6) is 0.942. The van der Waals surface area contributed by atoms with Gasteiger partial charge in [0.05, 0.1) is 55.5 Å². The van der Waals surface area contributed by atoms with Crippen molar-refractivity contribution >= 4 is 0 Å². The molecule has 4 N–H and O–H groups in total. The van der Waals surface area contributed by atoms with Crippen molar-refractivity contribution in [3.05, 3.63) is 0 Å². The van der Waals surface area contributed by atoms with Crippen molar-refractivity contribution in [2.24, 2.45) is 35.3 Å². The Kier molecular flexibility index (Phi) is 11.6. The number of aliphatic hydroxyl groups excluding tert-OH is 1. The van der Waals surface area contributed by atoms with Crippen LogP contribution in [0.1, 0.15) is 70.6 Å². The normalized spacial score (nSPS) is 46.0. The average molecular weight is 569 g/mol. The number of rotatable bonds is 11. The van der Waals surface area contributed by atoms with Gasteiger partial charge in [-0.1, -0.05) is 0 Å². The number of nitrogens with one attached hydrogen (secondary N) is 1. The molecule has 0 aromatic rings. The maximum absolute atomic E-state index is 12.0. The molecule has 2 saturated carbocycles. The van der Waals surface area contributed by atoms with Gasteiger partial charge in [-0.3, -0.25) is 0 Å². The van der Waals surface area contributed by atoms with E-state index in [-0.39, 0.29) is 66.5 Å². The Morgan fingerprint density at radius 3 is 2.33 bits per heavy atom. The molecule has 0 aromatic heterocycles. The highest BCUT2D eigenvalue weighted by atomic mass is 16.5. The minimum atomic E-state index is -0.456. The number of piperidine rings is 1. The molecule has 13 atom stereocenters. The van der Waals surface area contributed by atoms with Crippen LogP contribution in [0.25, 0.3) is 0 Å². The van der Waals surface area contributed by atoms with Gasteiger partial charge in [0.1, 0.15) is 0 Å². The van der Waals surface area contributed by atoms with Gasteiger partial charge in [0, 0.05) is 58.2 Å². The lowest BCUT2D eigenvalue weighted by Gasteiger charge is -2.55. The van der Waals surface area contributed by atoms with Gasteiger partial charge in [-0.15, -0.1) is 0 Å². The molecule has 3 aliphatic heterocycles. The van der Waals surface area contributed by atoms with Gasteiger partial charge in [-0.2, -0.15) is 0 Å². The minimum Gasteiger partial charge on any atom is -0.392 e. The van der Waals surface area contributed by atoms with Gasteiger partial charge in [0.2, 0.25) is 0 Å². The van der Waals surface area contributed by atoms with Crippen molar-refractivity contribution in [3.63, 3.8) is 0 Å². The molecule has 2 aliphatic carbocycles. The molecule has 3 saturated heterocycles. The summed E-state index contributed by atoms with van der Waals surface area (Å²) in [4.78, 5) is 0. The molecule has 9 nitrogen and oxygen atoms in total. The van der Waals surface area contributed by atoms with Crippen LogP contribution in [-0.2, 0) is 28.4 Å². The Bertz CT molecular complexity index is 761. The third-order valence-electron chi connectivity index (χ3n) is 10.9. The fourth-order valence-corrected chi connectivity index (χ4v) is 8.70. The van der Waals surface area contributed by atoms with Crippen molar-refractivity contribution < 1.29 is 33.5 Å². The Morgan fingerprint density at radius 1 is 0.850 bits per heavy atom. The quantitative estimate of drug-likeness (QED) is 0.324. The molecule has 5 aliphatic rings. The summed E-state index contributed by atoms with van der Waals surface area (Å²) in [5, 5.41) is 15.3. The molecule has 0 aromatic carbocycles. The van der Waals surface area contributed by atoms with Crippen molar-refractivity contribution in [3.8, 4) is 0 Å². The lowest BCUT2D eigenvalue weighted by Crippen LogP contribution is -2.61. The third-order valence-corrected chi connectivity index (χ3v) is 10.9. The summed E-state index contributed by atoms with van der Waals surface area (Å²) in [6.07, 6.45) is 11.0. The second-order valence-electron chi connectivity index (χ2n) is 13.2. The Morgan fingerprint density at radius 2 is 1.60 bits per heavy atom. The largest absolute Gasteiger partial charge is 0.392 e. The number of ether oxygens (including phenoxy) is 6. The Balaban J connectivity index is 1.37. The predicted molar refractivity (Wildman–Crippen MR) is 152 cm³/mol. The van der Waals surface area contributed by atoms with E-state index in [1.807, 2.05) is 7.11 Å². The van der Waals surface area contributed by atoms with Crippen molar-refractivity contribution in [1.82, 2.24) is 5.32 Å². The van der Waals surface area contributed by atoms with Gasteiger partial charge in [0.25, 0.3) is 0 Å². The smallest absolute Gasteiger partial charge is 0.0686 e. The van der Waals surface area contributed by atoms with Crippen molar-refractivity contribution in [2.45, 2.75) is 120 Å². The van der Waals surface area contributed by atoms with Gasteiger partial charge in [-0.25, -0.2) is 0 Å². The molecule has 0 radical (unpaired) electrons. The fourth-order valence-electron chi connectivity index (χ4n) is 8.70. The highest BCUT2D eigenvalue weighted by Crippen LogP contribution is 2.49. The first-order chi connectivity index (χ1) is 19.5. The molecular weight excluding hydrogens is 512 g/mol. The molecule has 0 amide bonds. The number of aliphatic hydroxyl groups is 1. The number of methoxy groups -OCH3 is 3. The number of nitrogens with two attached hydrogens (primary N) is 1. The zero-order valence-electron chi connectivity index (χ0n) is 25.1. The van der Waals surface area contributed by atoms with E-state index in [0.717, 1.165) is 77.2 Å². The summed E-state index contributed by atoms with van der Waals surface area (Å²) in [6, 6.07) is 0. The average Bonchev–Trinajstić information content (AvgIpc) is 2.97. The molecule has 0 spiro atoms. The van der Waals surface area contributed by atoms with Gasteiger partial charge < -0.3 is 44.6 Å². The number of hydrogen-bond donors (Lipinski definition) is 3. The third kappa shape index (κ3) is 7.22. The molecular formula is C31H56N2O7. The van der Waals surface area contributed by atoms with E-state index < -0.39 is 6.10 Å². The van der Waals surface area contributed by atoms with E-state index in [4.69, 9.17) is 34.2 Å². The highest BCUT2D eigenvalue weighted by molar-refractivity contribution is 5.03. The topological polar surface area (TPSA) is 114 Å². The summed E-state index contributed by atoms with van der Waals surface area (Å²) in [6.45, 7) is 2.95. The molecule has 13 unspecified atom stereocenters. The van der Waals surface area contributed by atoms with E-state index in [0.29, 0.717) is 25.7 Å². The summed E-state index contributed by atoms with van der Waals surface area (Å²) < 4.78 is 37.5. The molecule has 5 rings (SSSR count). The highest BCUT2D eigenvalue weighted by Gasteiger charge is 2.55. The molecule has 9 heteroatoms. The van der Waals surface area contributed by atoms with Gasteiger partial charge >= 0.3 is 0 Å². The van der Waals surface area contributed by atoms with Crippen LogP contribution < -0.4 is 11.1 Å². The Labute approximate surface area is 241 Å². The van der Waals surface area contributed by atoms with Crippen molar-refractivity contribution in [1.29, 1.82) is 0 Å². The van der Waals surface area contributed by atoms with E-state index in [1.165, 1.54) is 0 Å². The molecule has 232 valence electrons. The number of fused-ring (bicyclic) bond motifs is 2. The SMILES string of the molecule is COCCCC1OC2CCC(OC)CC2C(OCCC2CCNC(N)C2)C1C1COC2CCC(OC)CC2C1O. The van der Waals surface area contributed by atoms with Gasteiger partial charge in [0.15, 0.2) is 0 Å². The minimum absolute atomic E-state index is 0.00115. The zero-order valence-corrected chi connectivity index (χ0v) is 25.1. The summed E-state index contributed by atoms with van der Waals surface area (Å²) in [5.41, 5.74) is 6.20. The zero-order chi connectivity index (χ0) is 28.1. The van der Waals surface area contributed by atoms with Crippen LogP contribution >= 0.6 is 0 Å². The first kappa shape index (κ1) is 31.1.